The molecular weight excluding hydrogens is 384 g/mol. The van der Waals surface area contributed by atoms with Gasteiger partial charge in [-0.05, 0) is 36.2 Å². The van der Waals surface area contributed by atoms with E-state index >= 15 is 0 Å². The van der Waals surface area contributed by atoms with Crippen LogP contribution in [0.2, 0.25) is 0 Å². The fourth-order valence-corrected chi connectivity index (χ4v) is 4.94. The van der Waals surface area contributed by atoms with Crippen LogP contribution in [0.4, 0.5) is 5.69 Å². The Morgan fingerprint density at radius 2 is 1.82 bits per heavy atom. The number of nitro groups is 1. The Morgan fingerprint density at radius 1 is 1.18 bits per heavy atom. The number of amides is 1. The van der Waals surface area contributed by atoms with Gasteiger partial charge in [-0.3, -0.25) is 14.9 Å². The molecule has 2 aromatic rings. The van der Waals surface area contributed by atoms with Crippen molar-refractivity contribution in [1.29, 1.82) is 0 Å². The van der Waals surface area contributed by atoms with Crippen molar-refractivity contribution < 1.29 is 22.9 Å². The molecule has 0 bridgehead atoms. The highest BCUT2D eigenvalue weighted by atomic mass is 32.2. The molecule has 8 nitrogen and oxygen atoms in total. The molecule has 1 heterocycles. The lowest BCUT2D eigenvalue weighted by molar-refractivity contribution is -0.384. The molecule has 148 valence electrons. The maximum Gasteiger partial charge on any atom is 0.269 e. The number of carbonyl (C=O) groups excluding carboxylic acids is 1. The Kier molecular flexibility index (Phi) is 5.64. The SMILES string of the molecule is COc1ccc(CN(C(=O)c2ccc([N+](=O)[O-])cc2)[C@@H]2CCS(=O)(=O)C2)cc1. The first-order valence-corrected chi connectivity index (χ1v) is 10.5. The lowest BCUT2D eigenvalue weighted by Crippen LogP contribution is -2.40. The highest BCUT2D eigenvalue weighted by Crippen LogP contribution is 2.24. The Balaban J connectivity index is 1.88. The zero-order valence-electron chi connectivity index (χ0n) is 15.3. The molecule has 1 atom stereocenters. The third-order valence-electron chi connectivity index (χ3n) is 4.75. The Hall–Kier alpha value is -2.94. The van der Waals surface area contributed by atoms with Gasteiger partial charge < -0.3 is 9.64 Å². The summed E-state index contributed by atoms with van der Waals surface area (Å²) in [6.45, 7) is 0.236. The molecule has 9 heteroatoms. The van der Waals surface area contributed by atoms with E-state index in [4.69, 9.17) is 4.74 Å². The van der Waals surface area contributed by atoms with Crippen LogP contribution in [0.25, 0.3) is 0 Å². The molecule has 0 spiro atoms. The van der Waals surface area contributed by atoms with Gasteiger partial charge in [0.05, 0.1) is 23.5 Å². The Morgan fingerprint density at radius 3 is 2.32 bits per heavy atom. The summed E-state index contributed by atoms with van der Waals surface area (Å²) in [6, 6.07) is 12.1. The third kappa shape index (κ3) is 4.48. The molecule has 2 aromatic carbocycles. The highest BCUT2D eigenvalue weighted by Gasteiger charge is 2.35. The highest BCUT2D eigenvalue weighted by molar-refractivity contribution is 7.91. The van der Waals surface area contributed by atoms with Crippen molar-refractivity contribution in [2.75, 3.05) is 18.6 Å². The molecule has 1 aliphatic heterocycles. The number of nitro benzene ring substituents is 1. The van der Waals surface area contributed by atoms with Crippen LogP contribution < -0.4 is 4.74 Å². The molecule has 0 aromatic heterocycles. The molecule has 0 aliphatic carbocycles. The summed E-state index contributed by atoms with van der Waals surface area (Å²) in [7, 11) is -1.62. The van der Waals surface area contributed by atoms with Gasteiger partial charge in [0.1, 0.15) is 5.75 Å². The smallest absolute Gasteiger partial charge is 0.269 e. The number of benzene rings is 2. The van der Waals surface area contributed by atoms with Crippen LogP contribution in [0.3, 0.4) is 0 Å². The second-order valence-electron chi connectivity index (χ2n) is 6.64. The summed E-state index contributed by atoms with van der Waals surface area (Å²) in [5, 5.41) is 10.8. The predicted octanol–water partition coefficient (Wildman–Crippen LogP) is 2.43. The minimum Gasteiger partial charge on any atom is -0.497 e. The summed E-state index contributed by atoms with van der Waals surface area (Å²) in [4.78, 5) is 24.9. The fourth-order valence-electron chi connectivity index (χ4n) is 3.21. The van der Waals surface area contributed by atoms with Gasteiger partial charge in [0.25, 0.3) is 11.6 Å². The first-order chi connectivity index (χ1) is 13.3. The van der Waals surface area contributed by atoms with Gasteiger partial charge >= 0.3 is 0 Å². The number of methoxy groups -OCH3 is 1. The average molecular weight is 404 g/mol. The third-order valence-corrected chi connectivity index (χ3v) is 6.50. The summed E-state index contributed by atoms with van der Waals surface area (Å²) in [6.07, 6.45) is 0.372. The molecule has 1 fully saturated rings. The zero-order chi connectivity index (χ0) is 20.3. The van der Waals surface area contributed by atoms with E-state index in [0.29, 0.717) is 12.2 Å². The van der Waals surface area contributed by atoms with E-state index in [-0.39, 0.29) is 35.2 Å². The molecule has 0 N–H and O–H groups in total. The lowest BCUT2D eigenvalue weighted by Gasteiger charge is -2.28. The number of rotatable bonds is 6. The van der Waals surface area contributed by atoms with Crippen LogP contribution in [0, 0.1) is 10.1 Å². The van der Waals surface area contributed by atoms with Gasteiger partial charge in [-0.15, -0.1) is 0 Å². The van der Waals surface area contributed by atoms with Crippen molar-refractivity contribution in [3.63, 3.8) is 0 Å². The Labute approximate surface area is 162 Å². The average Bonchev–Trinajstić information content (AvgIpc) is 3.05. The van der Waals surface area contributed by atoms with Gasteiger partial charge in [0.15, 0.2) is 9.84 Å². The normalized spacial score (nSPS) is 17.8. The van der Waals surface area contributed by atoms with Crippen LogP contribution in [-0.2, 0) is 16.4 Å². The topological polar surface area (TPSA) is 107 Å². The fraction of sp³-hybridized carbons (Fsp3) is 0.316. The van der Waals surface area contributed by atoms with Gasteiger partial charge in [-0.2, -0.15) is 0 Å². The molecule has 0 saturated carbocycles. The van der Waals surface area contributed by atoms with E-state index in [2.05, 4.69) is 0 Å². The van der Waals surface area contributed by atoms with Gasteiger partial charge in [0, 0.05) is 30.3 Å². The van der Waals surface area contributed by atoms with Crippen LogP contribution in [0.5, 0.6) is 5.75 Å². The van der Waals surface area contributed by atoms with E-state index in [1.165, 1.54) is 29.2 Å². The Bertz CT molecular complexity index is 970. The molecule has 1 saturated heterocycles. The number of carbonyl (C=O) groups is 1. The lowest BCUT2D eigenvalue weighted by atomic mass is 10.1. The monoisotopic (exact) mass is 404 g/mol. The van der Waals surface area contributed by atoms with Crippen molar-refractivity contribution in [3.05, 3.63) is 69.8 Å². The van der Waals surface area contributed by atoms with Gasteiger partial charge in [0.2, 0.25) is 0 Å². The second-order valence-corrected chi connectivity index (χ2v) is 8.87. The van der Waals surface area contributed by atoms with Crippen molar-refractivity contribution in [2.24, 2.45) is 0 Å². The molecule has 28 heavy (non-hydrogen) atoms. The van der Waals surface area contributed by atoms with Crippen molar-refractivity contribution >= 4 is 21.4 Å². The number of hydrogen-bond donors (Lipinski definition) is 0. The summed E-state index contributed by atoms with van der Waals surface area (Å²) >= 11 is 0. The molecule has 3 rings (SSSR count). The maximum absolute atomic E-state index is 13.1. The van der Waals surface area contributed by atoms with Crippen molar-refractivity contribution in [2.45, 2.75) is 19.0 Å². The second kappa shape index (κ2) is 7.97. The zero-order valence-corrected chi connectivity index (χ0v) is 16.1. The van der Waals surface area contributed by atoms with Crippen LogP contribution in [0.15, 0.2) is 48.5 Å². The first kappa shape index (κ1) is 19.8. The maximum atomic E-state index is 13.1. The first-order valence-electron chi connectivity index (χ1n) is 8.68. The molecule has 1 aliphatic rings. The molecule has 0 radical (unpaired) electrons. The number of nitrogens with zero attached hydrogens (tertiary/aromatic N) is 2. The van der Waals surface area contributed by atoms with E-state index in [1.807, 2.05) is 12.1 Å². The van der Waals surface area contributed by atoms with Gasteiger partial charge in [-0.25, -0.2) is 8.42 Å². The van der Waals surface area contributed by atoms with Crippen LogP contribution >= 0.6 is 0 Å². The van der Waals surface area contributed by atoms with Gasteiger partial charge in [-0.1, -0.05) is 12.1 Å². The largest absolute Gasteiger partial charge is 0.497 e. The van der Waals surface area contributed by atoms with Crippen molar-refractivity contribution in [3.8, 4) is 5.75 Å². The van der Waals surface area contributed by atoms with E-state index in [9.17, 15) is 23.3 Å². The minimum absolute atomic E-state index is 0.0460. The number of non-ortho nitro benzene ring substituents is 1. The molecular formula is C19H20N2O6S. The van der Waals surface area contributed by atoms with Crippen molar-refractivity contribution in [1.82, 2.24) is 4.90 Å². The summed E-state index contributed by atoms with van der Waals surface area (Å²) < 4.78 is 29.0. The quantitative estimate of drug-likeness (QED) is 0.541. The summed E-state index contributed by atoms with van der Waals surface area (Å²) in [5.41, 5.74) is 1.01. The standard InChI is InChI=1S/C19H20N2O6S/c1-27-18-8-2-14(3-9-18)12-20(17-10-11-28(25,26)13-17)19(22)15-4-6-16(7-5-15)21(23)24/h2-9,17H,10-13H2,1H3/t17-/m1/s1. The van der Waals surface area contributed by atoms with E-state index in [1.54, 1.807) is 19.2 Å². The van der Waals surface area contributed by atoms with Crippen LogP contribution in [-0.4, -0.2) is 48.8 Å². The molecule has 0 unspecified atom stereocenters. The predicted molar refractivity (Wildman–Crippen MR) is 103 cm³/mol. The van der Waals surface area contributed by atoms with E-state index < -0.39 is 20.8 Å². The minimum atomic E-state index is -3.18. The van der Waals surface area contributed by atoms with E-state index in [0.717, 1.165) is 5.56 Å². The molecule has 1 amide bonds. The summed E-state index contributed by atoms with van der Waals surface area (Å²) in [5.74, 6) is 0.292. The number of ether oxygens (including phenoxy) is 1. The number of hydrogen-bond acceptors (Lipinski definition) is 6. The van der Waals surface area contributed by atoms with Crippen LogP contribution in [0.1, 0.15) is 22.3 Å². The number of sulfone groups is 1.